The third kappa shape index (κ3) is 1.98. The van der Waals surface area contributed by atoms with E-state index >= 15 is 0 Å². The highest BCUT2D eigenvalue weighted by Crippen LogP contribution is 2.53. The molecule has 2 aliphatic heterocycles. The zero-order valence-corrected chi connectivity index (χ0v) is 11.2. The number of nitrogens with zero attached hydrogens (tertiary/aromatic N) is 3. The number of aromatic nitrogens is 1. The molecule has 1 aromatic heterocycles. The van der Waals surface area contributed by atoms with Gasteiger partial charge in [0, 0.05) is 31.2 Å². The van der Waals surface area contributed by atoms with Gasteiger partial charge >= 0.3 is 6.03 Å². The lowest BCUT2D eigenvalue weighted by Gasteiger charge is -2.59. The standard InChI is InChI=1S/C14H20N4O/c1-17-10-14(5-8-18(9-6-14)13(15)19)12(17)11-4-2-3-7-16-11/h2-4,7,12H,5-6,8-10H2,1H3,(H2,15,19). The van der Waals surface area contributed by atoms with Crippen molar-refractivity contribution in [1.82, 2.24) is 14.8 Å². The largest absolute Gasteiger partial charge is 0.351 e. The fraction of sp³-hybridized carbons (Fsp3) is 0.571. The first kappa shape index (κ1) is 12.4. The second-order valence-corrected chi connectivity index (χ2v) is 5.76. The summed E-state index contributed by atoms with van der Waals surface area (Å²) >= 11 is 0. The molecule has 102 valence electrons. The van der Waals surface area contributed by atoms with Gasteiger partial charge in [0.2, 0.25) is 0 Å². The van der Waals surface area contributed by atoms with Crippen LogP contribution in [-0.2, 0) is 0 Å². The summed E-state index contributed by atoms with van der Waals surface area (Å²) in [4.78, 5) is 19.8. The molecule has 1 aromatic rings. The highest BCUT2D eigenvalue weighted by molar-refractivity contribution is 5.72. The van der Waals surface area contributed by atoms with E-state index in [9.17, 15) is 4.79 Å². The summed E-state index contributed by atoms with van der Waals surface area (Å²) in [6.07, 6.45) is 3.89. The van der Waals surface area contributed by atoms with Crippen LogP contribution in [0, 0.1) is 5.41 Å². The fourth-order valence-corrected chi connectivity index (χ4v) is 3.71. The molecule has 0 radical (unpaired) electrons. The van der Waals surface area contributed by atoms with Gasteiger partial charge in [0.15, 0.2) is 0 Å². The lowest BCUT2D eigenvalue weighted by atomic mass is 9.64. The zero-order chi connectivity index (χ0) is 13.5. The van der Waals surface area contributed by atoms with Crippen LogP contribution in [0.15, 0.2) is 24.4 Å². The summed E-state index contributed by atoms with van der Waals surface area (Å²) in [5.41, 5.74) is 6.77. The van der Waals surface area contributed by atoms with Gasteiger partial charge in [-0.2, -0.15) is 0 Å². The van der Waals surface area contributed by atoms with Crippen molar-refractivity contribution in [2.75, 3.05) is 26.7 Å². The number of rotatable bonds is 1. The lowest BCUT2D eigenvalue weighted by Crippen LogP contribution is -2.61. The van der Waals surface area contributed by atoms with E-state index in [0.29, 0.717) is 6.04 Å². The number of nitrogens with two attached hydrogens (primary N) is 1. The molecule has 0 bridgehead atoms. The minimum Gasteiger partial charge on any atom is -0.351 e. The van der Waals surface area contributed by atoms with Crippen LogP contribution in [0.2, 0.25) is 0 Å². The highest BCUT2D eigenvalue weighted by atomic mass is 16.2. The van der Waals surface area contributed by atoms with Gasteiger partial charge in [0.25, 0.3) is 0 Å². The summed E-state index contributed by atoms with van der Waals surface area (Å²) in [6, 6.07) is 6.17. The van der Waals surface area contributed by atoms with E-state index in [4.69, 9.17) is 5.73 Å². The predicted molar refractivity (Wildman–Crippen MR) is 72.4 cm³/mol. The first-order chi connectivity index (χ1) is 9.12. The number of urea groups is 1. The Morgan fingerprint density at radius 3 is 2.68 bits per heavy atom. The van der Waals surface area contributed by atoms with Gasteiger partial charge in [-0.3, -0.25) is 9.88 Å². The molecule has 1 spiro atoms. The fourth-order valence-electron chi connectivity index (χ4n) is 3.71. The second-order valence-electron chi connectivity index (χ2n) is 5.76. The molecule has 0 aromatic carbocycles. The lowest BCUT2D eigenvalue weighted by molar-refractivity contribution is -0.0936. The molecule has 2 saturated heterocycles. The van der Waals surface area contributed by atoms with Gasteiger partial charge in [-0.05, 0) is 32.0 Å². The summed E-state index contributed by atoms with van der Waals surface area (Å²) < 4.78 is 0. The Morgan fingerprint density at radius 1 is 1.42 bits per heavy atom. The number of likely N-dealkylation sites (tertiary alicyclic amines) is 2. The quantitative estimate of drug-likeness (QED) is 0.826. The summed E-state index contributed by atoms with van der Waals surface area (Å²) in [5, 5.41) is 0. The van der Waals surface area contributed by atoms with Gasteiger partial charge in [-0.1, -0.05) is 6.07 Å². The van der Waals surface area contributed by atoms with Crippen LogP contribution in [0.3, 0.4) is 0 Å². The van der Waals surface area contributed by atoms with Crippen LogP contribution < -0.4 is 5.73 Å². The Labute approximate surface area is 113 Å². The average Bonchev–Trinajstić information content (AvgIpc) is 2.40. The Hall–Kier alpha value is -1.62. The number of carbonyl (C=O) groups is 1. The second kappa shape index (κ2) is 4.49. The summed E-state index contributed by atoms with van der Waals surface area (Å²) in [7, 11) is 2.14. The number of amides is 2. The predicted octanol–water partition coefficient (Wildman–Crippen LogP) is 1.23. The van der Waals surface area contributed by atoms with E-state index in [2.05, 4.69) is 23.0 Å². The van der Waals surface area contributed by atoms with Gasteiger partial charge in [-0.25, -0.2) is 4.79 Å². The summed E-state index contributed by atoms with van der Waals surface area (Å²) in [5.74, 6) is 0. The van der Waals surface area contributed by atoms with Crippen molar-refractivity contribution in [1.29, 1.82) is 0 Å². The van der Waals surface area contributed by atoms with Crippen LogP contribution in [0.25, 0.3) is 0 Å². The van der Waals surface area contributed by atoms with E-state index < -0.39 is 0 Å². The summed E-state index contributed by atoms with van der Waals surface area (Å²) in [6.45, 7) is 2.62. The highest BCUT2D eigenvalue weighted by Gasteiger charge is 2.53. The number of primary amides is 1. The smallest absolute Gasteiger partial charge is 0.314 e. The van der Waals surface area contributed by atoms with Crippen molar-refractivity contribution in [2.45, 2.75) is 18.9 Å². The Bertz CT molecular complexity index is 468. The van der Waals surface area contributed by atoms with Crippen LogP contribution in [-0.4, -0.2) is 47.5 Å². The molecule has 1 atom stereocenters. The molecular weight excluding hydrogens is 240 g/mol. The van der Waals surface area contributed by atoms with Crippen LogP contribution in [0.1, 0.15) is 24.6 Å². The van der Waals surface area contributed by atoms with E-state index in [1.165, 1.54) is 0 Å². The number of hydrogen-bond donors (Lipinski definition) is 1. The van der Waals surface area contributed by atoms with E-state index in [0.717, 1.165) is 38.2 Å². The molecule has 19 heavy (non-hydrogen) atoms. The van der Waals surface area contributed by atoms with Gasteiger partial charge in [0.05, 0.1) is 11.7 Å². The minimum absolute atomic E-state index is 0.273. The Kier molecular flexibility index (Phi) is 2.93. The number of piperidine rings is 1. The normalized spacial score (nSPS) is 26.2. The maximum Gasteiger partial charge on any atom is 0.314 e. The van der Waals surface area contributed by atoms with Gasteiger partial charge < -0.3 is 10.6 Å². The van der Waals surface area contributed by atoms with Crippen molar-refractivity contribution >= 4 is 6.03 Å². The van der Waals surface area contributed by atoms with Gasteiger partial charge in [-0.15, -0.1) is 0 Å². The molecule has 2 fully saturated rings. The van der Waals surface area contributed by atoms with Crippen molar-refractivity contribution < 1.29 is 4.79 Å². The molecule has 0 saturated carbocycles. The molecule has 5 nitrogen and oxygen atoms in total. The van der Waals surface area contributed by atoms with Crippen LogP contribution >= 0.6 is 0 Å². The third-order valence-electron chi connectivity index (χ3n) is 4.62. The number of carbonyl (C=O) groups excluding carboxylic acids is 1. The first-order valence-electron chi connectivity index (χ1n) is 6.78. The van der Waals surface area contributed by atoms with Crippen molar-refractivity contribution in [3.8, 4) is 0 Å². The molecule has 1 unspecified atom stereocenters. The maximum atomic E-state index is 11.2. The van der Waals surface area contributed by atoms with E-state index in [-0.39, 0.29) is 11.4 Å². The molecule has 0 aliphatic carbocycles. The number of pyridine rings is 1. The van der Waals surface area contributed by atoms with E-state index in [1.807, 2.05) is 18.3 Å². The topological polar surface area (TPSA) is 62.5 Å². The van der Waals surface area contributed by atoms with Gasteiger partial charge in [0.1, 0.15) is 0 Å². The molecular formula is C14H20N4O. The molecule has 2 N–H and O–H groups in total. The van der Waals surface area contributed by atoms with E-state index in [1.54, 1.807) is 4.90 Å². The van der Waals surface area contributed by atoms with Crippen LogP contribution in [0.4, 0.5) is 4.79 Å². The number of hydrogen-bond acceptors (Lipinski definition) is 3. The van der Waals surface area contributed by atoms with Crippen LogP contribution in [0.5, 0.6) is 0 Å². The Balaban J connectivity index is 1.77. The SMILES string of the molecule is CN1CC2(CCN(C(N)=O)CC2)C1c1ccccn1. The van der Waals surface area contributed by atoms with Crippen molar-refractivity contribution in [3.63, 3.8) is 0 Å². The zero-order valence-electron chi connectivity index (χ0n) is 11.2. The van der Waals surface area contributed by atoms with Crippen molar-refractivity contribution in [3.05, 3.63) is 30.1 Å². The molecule has 3 rings (SSSR count). The van der Waals surface area contributed by atoms with Crippen molar-refractivity contribution in [2.24, 2.45) is 11.1 Å². The monoisotopic (exact) mass is 260 g/mol. The first-order valence-corrected chi connectivity index (χ1v) is 6.78. The average molecular weight is 260 g/mol. The molecule has 5 heteroatoms. The molecule has 3 heterocycles. The maximum absolute atomic E-state index is 11.2. The Morgan fingerprint density at radius 2 is 2.16 bits per heavy atom. The minimum atomic E-state index is -0.295. The molecule has 2 amide bonds. The third-order valence-corrected chi connectivity index (χ3v) is 4.62. The molecule has 2 aliphatic rings.